The molecule has 1 atom stereocenters. The Hall–Kier alpha value is -1.64. The Kier molecular flexibility index (Phi) is 3.48. The van der Waals surface area contributed by atoms with Gasteiger partial charge in [0.05, 0.1) is 7.11 Å². The molecule has 0 radical (unpaired) electrons. The Morgan fingerprint density at radius 2 is 2.11 bits per heavy atom. The first-order valence-corrected chi connectivity index (χ1v) is 6.63. The maximum Gasteiger partial charge on any atom is 0.319 e. The Bertz CT molecular complexity index is 531. The first-order chi connectivity index (χ1) is 8.88. The lowest BCUT2D eigenvalue weighted by molar-refractivity contribution is -0.148. The van der Waals surface area contributed by atoms with Crippen LogP contribution in [0, 0.1) is 11.3 Å². The van der Waals surface area contributed by atoms with Crippen LogP contribution in [-0.2, 0) is 22.4 Å². The number of Topliss-reactive ketones (excluding diaryl/α,β-unsaturated/α-hetero) is 1. The van der Waals surface area contributed by atoms with E-state index in [1.54, 1.807) is 6.92 Å². The lowest BCUT2D eigenvalue weighted by atomic mass is 9.86. The smallest absolute Gasteiger partial charge is 0.319 e. The lowest BCUT2D eigenvalue weighted by Gasteiger charge is -2.17. The zero-order valence-corrected chi connectivity index (χ0v) is 11.9. The number of ether oxygens (including phenoxy) is 1. The maximum atomic E-state index is 12.5. The van der Waals surface area contributed by atoms with Gasteiger partial charge in [0.2, 0.25) is 0 Å². The van der Waals surface area contributed by atoms with E-state index in [2.05, 4.69) is 19.9 Å². The van der Waals surface area contributed by atoms with Crippen LogP contribution in [0.5, 0.6) is 0 Å². The summed E-state index contributed by atoms with van der Waals surface area (Å²) in [5.41, 5.74) is 1.74. The minimum absolute atomic E-state index is 0.111. The number of ketones is 1. The van der Waals surface area contributed by atoms with Crippen molar-refractivity contribution < 1.29 is 14.3 Å². The van der Waals surface area contributed by atoms with Crippen LogP contribution in [0.2, 0.25) is 0 Å². The Morgan fingerprint density at radius 1 is 1.42 bits per heavy atom. The number of rotatable bonds is 3. The zero-order chi connectivity index (χ0) is 14.2. The first kappa shape index (κ1) is 13.8. The van der Waals surface area contributed by atoms with Gasteiger partial charge in [-0.2, -0.15) is 0 Å². The summed E-state index contributed by atoms with van der Waals surface area (Å²) >= 11 is 0. The number of fused-ring (bicyclic) bond motifs is 1. The maximum absolute atomic E-state index is 12.5. The predicted octanol–water partition coefficient (Wildman–Crippen LogP) is 2.80. The van der Waals surface area contributed by atoms with E-state index in [0.29, 0.717) is 17.9 Å². The highest BCUT2D eigenvalue weighted by molar-refractivity contribution is 6.15. The molecule has 0 saturated carbocycles. The Morgan fingerprint density at radius 3 is 2.68 bits per heavy atom. The van der Waals surface area contributed by atoms with E-state index in [-0.39, 0.29) is 5.78 Å². The Balaban J connectivity index is 2.36. The number of carbonyl (C=O) groups excluding carboxylic acids is 2. The van der Waals surface area contributed by atoms with Crippen molar-refractivity contribution in [1.82, 2.24) is 0 Å². The molecule has 0 amide bonds. The van der Waals surface area contributed by atoms with Crippen molar-refractivity contribution in [3.8, 4) is 0 Å². The molecular weight excluding hydrogens is 240 g/mol. The second-order valence-electron chi connectivity index (χ2n) is 5.92. The first-order valence-electron chi connectivity index (χ1n) is 6.63. The van der Waals surface area contributed by atoms with Gasteiger partial charge in [-0.15, -0.1) is 0 Å². The van der Waals surface area contributed by atoms with E-state index in [1.165, 1.54) is 7.11 Å². The standard InChI is InChI=1S/C16H20O3/c1-10(2)7-11-5-6-12-9-16(3,15(18)19-4)14(17)13(12)8-11/h5-6,8,10H,7,9H2,1-4H3. The van der Waals surface area contributed by atoms with Gasteiger partial charge < -0.3 is 4.74 Å². The fraction of sp³-hybridized carbons (Fsp3) is 0.500. The molecule has 0 N–H and O–H groups in total. The second-order valence-corrected chi connectivity index (χ2v) is 5.92. The normalized spacial score (nSPS) is 21.6. The van der Waals surface area contributed by atoms with Crippen LogP contribution >= 0.6 is 0 Å². The summed E-state index contributed by atoms with van der Waals surface area (Å²) in [6.07, 6.45) is 1.38. The van der Waals surface area contributed by atoms with Crippen LogP contribution in [0.4, 0.5) is 0 Å². The van der Waals surface area contributed by atoms with Crippen molar-refractivity contribution in [3.63, 3.8) is 0 Å². The molecule has 0 spiro atoms. The molecule has 1 aromatic rings. The number of hydrogen-bond acceptors (Lipinski definition) is 3. The van der Waals surface area contributed by atoms with Crippen LogP contribution in [0.15, 0.2) is 18.2 Å². The van der Waals surface area contributed by atoms with Gasteiger partial charge >= 0.3 is 5.97 Å². The van der Waals surface area contributed by atoms with Crippen molar-refractivity contribution in [2.75, 3.05) is 7.11 Å². The van der Waals surface area contributed by atoms with Crippen LogP contribution in [-0.4, -0.2) is 18.9 Å². The fourth-order valence-electron chi connectivity index (χ4n) is 2.74. The van der Waals surface area contributed by atoms with Crippen molar-refractivity contribution in [2.24, 2.45) is 11.3 Å². The van der Waals surface area contributed by atoms with Crippen molar-refractivity contribution in [2.45, 2.75) is 33.6 Å². The van der Waals surface area contributed by atoms with Gasteiger partial charge in [0.15, 0.2) is 5.78 Å². The molecule has 102 valence electrons. The van der Waals surface area contributed by atoms with Crippen LogP contribution in [0.1, 0.15) is 42.3 Å². The van der Waals surface area contributed by atoms with Crippen molar-refractivity contribution >= 4 is 11.8 Å². The van der Waals surface area contributed by atoms with Crippen LogP contribution in [0.3, 0.4) is 0 Å². The third-order valence-electron chi connectivity index (χ3n) is 3.74. The molecule has 0 saturated heterocycles. The lowest BCUT2D eigenvalue weighted by Crippen LogP contribution is -2.34. The van der Waals surface area contributed by atoms with E-state index in [0.717, 1.165) is 17.5 Å². The van der Waals surface area contributed by atoms with E-state index in [4.69, 9.17) is 4.74 Å². The summed E-state index contributed by atoms with van der Waals surface area (Å²) in [4.78, 5) is 24.3. The van der Waals surface area contributed by atoms with Gasteiger partial charge in [-0.05, 0) is 42.9 Å². The fourth-order valence-corrected chi connectivity index (χ4v) is 2.74. The largest absolute Gasteiger partial charge is 0.468 e. The van der Waals surface area contributed by atoms with Gasteiger partial charge in [0.25, 0.3) is 0 Å². The molecule has 0 heterocycles. The molecule has 0 bridgehead atoms. The molecule has 2 rings (SSSR count). The van der Waals surface area contributed by atoms with Gasteiger partial charge in [-0.1, -0.05) is 26.0 Å². The second kappa shape index (κ2) is 4.80. The molecule has 1 aromatic carbocycles. The molecule has 0 aromatic heterocycles. The summed E-state index contributed by atoms with van der Waals surface area (Å²) in [5, 5.41) is 0. The average molecular weight is 260 g/mol. The molecule has 19 heavy (non-hydrogen) atoms. The van der Waals surface area contributed by atoms with Gasteiger partial charge in [0.1, 0.15) is 5.41 Å². The quantitative estimate of drug-likeness (QED) is 0.620. The summed E-state index contributed by atoms with van der Waals surface area (Å²) < 4.78 is 4.77. The number of benzene rings is 1. The molecule has 0 aliphatic heterocycles. The van der Waals surface area contributed by atoms with Gasteiger partial charge in [-0.25, -0.2) is 0 Å². The van der Waals surface area contributed by atoms with Crippen LogP contribution < -0.4 is 0 Å². The van der Waals surface area contributed by atoms with Gasteiger partial charge in [-0.3, -0.25) is 9.59 Å². The van der Waals surface area contributed by atoms with Crippen LogP contribution in [0.25, 0.3) is 0 Å². The van der Waals surface area contributed by atoms with Crippen molar-refractivity contribution in [3.05, 3.63) is 34.9 Å². The van der Waals surface area contributed by atoms with E-state index >= 15 is 0 Å². The zero-order valence-electron chi connectivity index (χ0n) is 11.9. The summed E-state index contributed by atoms with van der Waals surface area (Å²) in [6.45, 7) is 5.96. The highest BCUT2D eigenvalue weighted by Crippen LogP contribution is 2.38. The number of methoxy groups -OCH3 is 1. The van der Waals surface area contributed by atoms with Crippen molar-refractivity contribution in [1.29, 1.82) is 0 Å². The topological polar surface area (TPSA) is 43.4 Å². The molecule has 1 aliphatic carbocycles. The monoisotopic (exact) mass is 260 g/mol. The van der Waals surface area contributed by atoms with E-state index in [9.17, 15) is 9.59 Å². The predicted molar refractivity (Wildman–Crippen MR) is 73.1 cm³/mol. The number of carbonyl (C=O) groups is 2. The van der Waals surface area contributed by atoms with Gasteiger partial charge in [0, 0.05) is 5.56 Å². The number of esters is 1. The number of hydrogen-bond donors (Lipinski definition) is 0. The van der Waals surface area contributed by atoms with E-state index in [1.807, 2.05) is 12.1 Å². The summed E-state index contributed by atoms with van der Waals surface area (Å²) in [6, 6.07) is 5.96. The molecule has 0 fully saturated rings. The summed E-state index contributed by atoms with van der Waals surface area (Å²) in [7, 11) is 1.33. The third kappa shape index (κ3) is 2.29. The average Bonchev–Trinajstić information content (AvgIpc) is 2.62. The minimum Gasteiger partial charge on any atom is -0.468 e. The molecule has 1 aliphatic rings. The minimum atomic E-state index is -1.05. The molecule has 1 unspecified atom stereocenters. The van der Waals surface area contributed by atoms with E-state index < -0.39 is 11.4 Å². The molecular formula is C16H20O3. The SMILES string of the molecule is COC(=O)C1(C)Cc2ccc(CC(C)C)cc2C1=O. The highest BCUT2D eigenvalue weighted by atomic mass is 16.5. The molecule has 3 heteroatoms. The third-order valence-corrected chi connectivity index (χ3v) is 3.74. The molecule has 3 nitrogen and oxygen atoms in total. The summed E-state index contributed by atoms with van der Waals surface area (Å²) in [5.74, 6) is -0.0133. The Labute approximate surface area is 114 Å². The highest BCUT2D eigenvalue weighted by Gasteiger charge is 2.48.